The van der Waals surface area contributed by atoms with Gasteiger partial charge >= 0.3 is 0 Å². The van der Waals surface area contributed by atoms with Crippen LogP contribution in [0.25, 0.3) is 0 Å². The summed E-state index contributed by atoms with van der Waals surface area (Å²) < 4.78 is 0. The largest absolute Gasteiger partial charge is 0.354 e. The number of nitrogens with zero attached hydrogens (tertiary/aromatic N) is 2. The number of rotatable bonds is 11. The molecule has 8 heteroatoms. The highest BCUT2D eigenvalue weighted by Crippen LogP contribution is 2.23. The smallest absolute Gasteiger partial charge is 0.261 e. The van der Waals surface area contributed by atoms with Gasteiger partial charge in [-0.15, -0.1) is 0 Å². The molecule has 0 unspecified atom stereocenters. The Morgan fingerprint density at radius 3 is 2.21 bits per heavy atom. The van der Waals surface area contributed by atoms with Gasteiger partial charge in [0.1, 0.15) is 6.04 Å². The highest BCUT2D eigenvalue weighted by molar-refractivity contribution is 6.30. The molecule has 2 aromatic carbocycles. The summed E-state index contributed by atoms with van der Waals surface area (Å²) in [6.07, 6.45) is 2.24. The maximum absolute atomic E-state index is 13.2. The van der Waals surface area contributed by atoms with Crippen LogP contribution in [0, 0.1) is 0 Å². The van der Waals surface area contributed by atoms with Crippen LogP contribution in [0.3, 0.4) is 0 Å². The van der Waals surface area contributed by atoms with Gasteiger partial charge in [-0.05, 0) is 49.6 Å². The SMILES string of the molecule is CCCCNC(=O)[C@@H](C)N(Cc1ccc(Cl)cc1)C(=O)CCCN1C(=O)c2ccccc2C1=O. The number of hydrogen-bond acceptors (Lipinski definition) is 4. The van der Waals surface area contributed by atoms with Crippen molar-refractivity contribution >= 4 is 35.2 Å². The van der Waals surface area contributed by atoms with Crippen LogP contribution in [0.5, 0.6) is 0 Å². The molecule has 1 N–H and O–H groups in total. The molecule has 7 nitrogen and oxygen atoms in total. The fourth-order valence-electron chi connectivity index (χ4n) is 3.88. The Bertz CT molecular complexity index is 1020. The molecule has 1 atom stereocenters. The minimum Gasteiger partial charge on any atom is -0.354 e. The molecule has 0 saturated carbocycles. The molecule has 0 saturated heterocycles. The zero-order valence-corrected chi connectivity index (χ0v) is 20.3. The van der Waals surface area contributed by atoms with E-state index in [4.69, 9.17) is 11.6 Å². The first-order valence-electron chi connectivity index (χ1n) is 11.6. The van der Waals surface area contributed by atoms with E-state index in [0.717, 1.165) is 18.4 Å². The summed E-state index contributed by atoms with van der Waals surface area (Å²) in [4.78, 5) is 53.7. The number of halogens is 1. The van der Waals surface area contributed by atoms with Gasteiger partial charge in [0.15, 0.2) is 0 Å². The van der Waals surface area contributed by atoms with Crippen molar-refractivity contribution in [3.8, 4) is 0 Å². The normalized spacial score (nSPS) is 13.6. The molecule has 1 aliphatic heterocycles. The first-order valence-corrected chi connectivity index (χ1v) is 12.0. The Morgan fingerprint density at radius 2 is 1.62 bits per heavy atom. The van der Waals surface area contributed by atoms with Crippen LogP contribution in [0.2, 0.25) is 5.02 Å². The Balaban J connectivity index is 1.64. The summed E-state index contributed by atoms with van der Waals surface area (Å²) in [5.74, 6) is -1.11. The van der Waals surface area contributed by atoms with E-state index in [2.05, 4.69) is 5.32 Å². The predicted molar refractivity (Wildman–Crippen MR) is 130 cm³/mol. The molecule has 0 aromatic heterocycles. The second-order valence-corrected chi connectivity index (χ2v) is 8.82. The topological polar surface area (TPSA) is 86.8 Å². The molecule has 34 heavy (non-hydrogen) atoms. The van der Waals surface area contributed by atoms with Crippen LogP contribution in [0.4, 0.5) is 0 Å². The van der Waals surface area contributed by atoms with Crippen molar-refractivity contribution in [2.45, 2.75) is 52.1 Å². The van der Waals surface area contributed by atoms with Crippen molar-refractivity contribution in [2.24, 2.45) is 0 Å². The number of imide groups is 1. The van der Waals surface area contributed by atoms with Gasteiger partial charge in [-0.25, -0.2) is 0 Å². The molecule has 0 bridgehead atoms. The van der Waals surface area contributed by atoms with E-state index in [-0.39, 0.29) is 43.1 Å². The first kappa shape index (κ1) is 25.4. The van der Waals surface area contributed by atoms with Gasteiger partial charge in [-0.3, -0.25) is 24.1 Å². The fraction of sp³-hybridized carbons (Fsp3) is 0.385. The Morgan fingerprint density at radius 1 is 1.00 bits per heavy atom. The minimum atomic E-state index is -0.667. The zero-order chi connectivity index (χ0) is 24.7. The second-order valence-electron chi connectivity index (χ2n) is 8.38. The number of carbonyl (C=O) groups is 4. The molecule has 0 radical (unpaired) electrons. The lowest BCUT2D eigenvalue weighted by molar-refractivity contribution is -0.140. The summed E-state index contributed by atoms with van der Waals surface area (Å²) in [6, 6.07) is 13.2. The maximum atomic E-state index is 13.2. The number of amides is 4. The number of fused-ring (bicyclic) bond motifs is 1. The third-order valence-corrected chi connectivity index (χ3v) is 6.17. The van der Waals surface area contributed by atoms with Crippen molar-refractivity contribution in [1.29, 1.82) is 0 Å². The lowest BCUT2D eigenvalue weighted by Crippen LogP contribution is -2.47. The number of unbranched alkanes of at least 4 members (excludes halogenated alkanes) is 1. The standard InChI is InChI=1S/C26H30ClN3O4/c1-3-4-15-28-24(32)18(2)30(17-19-11-13-20(27)14-12-19)23(31)10-7-16-29-25(33)21-8-5-6-9-22(21)26(29)34/h5-6,8-9,11-14,18H,3-4,7,10,15-17H2,1-2H3,(H,28,32)/t18-/m1/s1. The molecule has 2 aromatic rings. The van der Waals surface area contributed by atoms with Crippen molar-refractivity contribution in [2.75, 3.05) is 13.1 Å². The van der Waals surface area contributed by atoms with Gasteiger partial charge in [0.05, 0.1) is 11.1 Å². The van der Waals surface area contributed by atoms with Crippen LogP contribution in [-0.2, 0) is 16.1 Å². The molecular formula is C26H30ClN3O4. The Hall–Kier alpha value is -3.19. The van der Waals surface area contributed by atoms with Crippen molar-refractivity contribution in [3.05, 3.63) is 70.2 Å². The lowest BCUT2D eigenvalue weighted by atomic mass is 10.1. The Kier molecular flexibility index (Phi) is 8.82. The van der Waals surface area contributed by atoms with Gasteiger partial charge < -0.3 is 10.2 Å². The second kappa shape index (κ2) is 11.8. The van der Waals surface area contributed by atoms with Crippen molar-refractivity contribution < 1.29 is 19.2 Å². The molecule has 0 aliphatic carbocycles. The van der Waals surface area contributed by atoms with E-state index < -0.39 is 6.04 Å². The quantitative estimate of drug-likeness (QED) is 0.386. The molecule has 1 heterocycles. The summed E-state index contributed by atoms with van der Waals surface area (Å²) in [5.41, 5.74) is 1.63. The van der Waals surface area contributed by atoms with Gasteiger partial charge in [0, 0.05) is 31.1 Å². The minimum absolute atomic E-state index is 0.105. The third-order valence-electron chi connectivity index (χ3n) is 5.91. The monoisotopic (exact) mass is 483 g/mol. The van der Waals surface area contributed by atoms with Crippen molar-refractivity contribution in [3.63, 3.8) is 0 Å². The first-order chi connectivity index (χ1) is 16.3. The number of hydrogen-bond donors (Lipinski definition) is 1. The number of nitrogens with one attached hydrogen (secondary N) is 1. The molecule has 180 valence electrons. The summed E-state index contributed by atoms with van der Waals surface area (Å²) >= 11 is 5.98. The van der Waals surface area contributed by atoms with Crippen LogP contribution >= 0.6 is 11.6 Å². The highest BCUT2D eigenvalue weighted by atomic mass is 35.5. The van der Waals surface area contributed by atoms with Crippen LogP contribution < -0.4 is 5.32 Å². The van der Waals surface area contributed by atoms with Gasteiger partial charge in [0.2, 0.25) is 11.8 Å². The molecule has 4 amide bonds. The van der Waals surface area contributed by atoms with Crippen LogP contribution in [0.1, 0.15) is 65.8 Å². The maximum Gasteiger partial charge on any atom is 0.261 e. The average molecular weight is 484 g/mol. The number of carbonyl (C=O) groups excluding carboxylic acids is 4. The molecular weight excluding hydrogens is 454 g/mol. The average Bonchev–Trinajstić information content (AvgIpc) is 3.08. The molecule has 1 aliphatic rings. The third kappa shape index (κ3) is 6.03. The lowest BCUT2D eigenvalue weighted by Gasteiger charge is -2.29. The highest BCUT2D eigenvalue weighted by Gasteiger charge is 2.35. The summed E-state index contributed by atoms with van der Waals surface area (Å²) in [6.45, 7) is 4.71. The summed E-state index contributed by atoms with van der Waals surface area (Å²) in [7, 11) is 0. The fourth-order valence-corrected chi connectivity index (χ4v) is 4.01. The number of benzene rings is 2. The van der Waals surface area contributed by atoms with E-state index in [9.17, 15) is 19.2 Å². The molecule has 0 fully saturated rings. The molecule has 0 spiro atoms. The molecule has 3 rings (SSSR count). The van der Waals surface area contributed by atoms with Crippen LogP contribution in [0.15, 0.2) is 48.5 Å². The van der Waals surface area contributed by atoms with Crippen LogP contribution in [-0.4, -0.2) is 52.6 Å². The van der Waals surface area contributed by atoms with Gasteiger partial charge in [0.25, 0.3) is 11.8 Å². The Labute approximate surface area is 205 Å². The van der Waals surface area contributed by atoms with E-state index >= 15 is 0 Å². The summed E-state index contributed by atoms with van der Waals surface area (Å²) in [5, 5.41) is 3.48. The van der Waals surface area contributed by atoms with E-state index in [1.165, 1.54) is 9.80 Å². The predicted octanol–water partition coefficient (Wildman–Crippen LogP) is 4.05. The van der Waals surface area contributed by atoms with E-state index in [1.54, 1.807) is 43.3 Å². The van der Waals surface area contributed by atoms with E-state index in [1.807, 2.05) is 19.1 Å². The van der Waals surface area contributed by atoms with Gasteiger partial charge in [-0.1, -0.05) is 49.2 Å². The van der Waals surface area contributed by atoms with E-state index in [0.29, 0.717) is 29.1 Å². The zero-order valence-electron chi connectivity index (χ0n) is 19.6. The van der Waals surface area contributed by atoms with Gasteiger partial charge in [-0.2, -0.15) is 0 Å². The van der Waals surface area contributed by atoms with Crippen molar-refractivity contribution in [1.82, 2.24) is 15.1 Å².